The summed E-state index contributed by atoms with van der Waals surface area (Å²) in [7, 11) is -4.27. The molecule has 1 aromatic rings. The Morgan fingerprint density at radius 3 is 1.60 bits per heavy atom. The first-order valence-corrected chi connectivity index (χ1v) is 11.9. The number of allylic oxidation sites excluding steroid dienone is 12. The van der Waals surface area contributed by atoms with Crippen molar-refractivity contribution in [2.75, 3.05) is 0 Å². The van der Waals surface area contributed by atoms with Crippen molar-refractivity contribution in [3.8, 4) is 0 Å². The average Bonchev–Trinajstić information content (AvgIpc) is 3.58. The van der Waals surface area contributed by atoms with E-state index in [1.165, 1.54) is 12.1 Å². The fourth-order valence-corrected chi connectivity index (χ4v) is 4.42. The summed E-state index contributed by atoms with van der Waals surface area (Å²) in [4.78, 5) is 18.5. The summed E-state index contributed by atoms with van der Waals surface area (Å²) in [5, 5.41) is 0. The van der Waals surface area contributed by atoms with E-state index >= 15 is 0 Å². The van der Waals surface area contributed by atoms with Gasteiger partial charge >= 0.3 is 29.6 Å². The number of hydrogen-bond acceptors (Lipinski definition) is 6. The summed E-state index contributed by atoms with van der Waals surface area (Å²) in [5.41, 5.74) is 7.71. The van der Waals surface area contributed by atoms with Gasteiger partial charge in [0.2, 0.25) is 0 Å². The molecule has 0 amide bonds. The first-order valence-electron chi connectivity index (χ1n) is 10.4. The molecular weight excluding hydrogens is 471 g/mol. The minimum absolute atomic E-state index is 0. The SMILES string of the molecule is O=S(=O)(O)c1ccc(C2=CC3=NC2=CC2=NC(=CC4=NC(=CC5=NC(=C3)C=C5)C=C4)C=C2)cc1.[H-].[Na+]. The minimum atomic E-state index is -4.27. The van der Waals surface area contributed by atoms with Gasteiger partial charge in [-0.1, -0.05) is 12.1 Å². The fraction of sp³-hybridized carbons (Fsp3) is 0. The second kappa shape index (κ2) is 9.07. The Kier molecular flexibility index (Phi) is 6.08. The van der Waals surface area contributed by atoms with Crippen LogP contribution >= 0.6 is 0 Å². The third-order valence-corrected chi connectivity index (χ3v) is 6.37. The van der Waals surface area contributed by atoms with Gasteiger partial charge in [0.25, 0.3) is 10.1 Å². The maximum atomic E-state index is 11.4. The van der Waals surface area contributed by atoms with Crippen molar-refractivity contribution < 1.29 is 44.0 Å². The number of fused-ring (bicyclic) bond motifs is 4. The molecule has 0 spiro atoms. The first-order chi connectivity index (χ1) is 16.4. The number of rotatable bonds is 2. The topological polar surface area (TPSA) is 104 Å². The van der Waals surface area contributed by atoms with Gasteiger partial charge in [0, 0.05) is 5.57 Å². The van der Waals surface area contributed by atoms with Crippen molar-refractivity contribution in [2.24, 2.45) is 20.0 Å². The van der Waals surface area contributed by atoms with Crippen LogP contribution in [0.1, 0.15) is 6.99 Å². The van der Waals surface area contributed by atoms with E-state index in [-0.39, 0.29) is 35.9 Å². The van der Waals surface area contributed by atoms with Crippen LogP contribution in [-0.2, 0) is 10.1 Å². The molecule has 0 unspecified atom stereocenters. The van der Waals surface area contributed by atoms with Crippen molar-refractivity contribution in [2.45, 2.75) is 4.90 Å². The largest absolute Gasteiger partial charge is 1.00 e. The third kappa shape index (κ3) is 4.93. The molecule has 0 aromatic heterocycles. The van der Waals surface area contributed by atoms with Gasteiger partial charge in [0.05, 0.1) is 50.5 Å². The summed E-state index contributed by atoms with van der Waals surface area (Å²) < 4.78 is 32.1. The molecule has 166 valence electrons. The molecule has 6 rings (SSSR count). The molecule has 1 N–H and O–H groups in total. The molecule has 1 aromatic carbocycles. The molecule has 35 heavy (non-hydrogen) atoms. The second-order valence-corrected chi connectivity index (χ2v) is 9.36. The van der Waals surface area contributed by atoms with Gasteiger partial charge < -0.3 is 1.43 Å². The van der Waals surface area contributed by atoms with Gasteiger partial charge in [-0.05, 0) is 84.5 Å². The summed E-state index contributed by atoms with van der Waals surface area (Å²) in [5.74, 6) is 0. The van der Waals surface area contributed by atoms with Gasteiger partial charge in [0.1, 0.15) is 0 Å². The Bertz CT molecular complexity index is 1650. The van der Waals surface area contributed by atoms with Gasteiger partial charge in [0.15, 0.2) is 0 Å². The van der Waals surface area contributed by atoms with Crippen LogP contribution in [0.15, 0.2) is 139 Å². The van der Waals surface area contributed by atoms with Crippen LogP contribution in [-0.4, -0.2) is 35.8 Å². The molecule has 8 bridgehead atoms. The molecular formula is C26H17N4NaO3S. The Morgan fingerprint density at radius 2 is 1.09 bits per heavy atom. The van der Waals surface area contributed by atoms with Gasteiger partial charge in [-0.3, -0.25) is 4.55 Å². The van der Waals surface area contributed by atoms with Crippen molar-refractivity contribution in [3.63, 3.8) is 0 Å². The molecule has 0 atom stereocenters. The Hall–Kier alpha value is -3.27. The summed E-state index contributed by atoms with van der Waals surface area (Å²) in [6.07, 6.45) is 21.1. The Balaban J connectivity index is 0.00000152. The monoisotopic (exact) mass is 488 g/mol. The summed E-state index contributed by atoms with van der Waals surface area (Å²) in [6, 6.07) is 6.03. The van der Waals surface area contributed by atoms with E-state index in [1.807, 2.05) is 66.8 Å². The number of aliphatic imine (C=N–C) groups is 4. The number of nitrogens with zero attached hydrogens (tertiary/aromatic N) is 4. The smallest absolute Gasteiger partial charge is 1.00 e. The van der Waals surface area contributed by atoms with Crippen LogP contribution in [0.3, 0.4) is 0 Å². The maximum Gasteiger partial charge on any atom is 1.00 e. The molecule has 9 heteroatoms. The molecule has 0 saturated carbocycles. The standard InChI is InChI=1S/C26H16N4O3S.Na.H/c31-34(32,33)24-9-1-16(2-10-24)25-14-23-13-21-6-5-19(28-21)11-17-3-4-18(27-17)12-20-7-8-22(29-20)15-26(25)30-23;;/h1-15H,(H,31,32,33);;/q;+1;-1. The van der Waals surface area contributed by atoms with E-state index in [4.69, 9.17) is 4.99 Å². The fourth-order valence-electron chi connectivity index (χ4n) is 3.94. The van der Waals surface area contributed by atoms with E-state index in [2.05, 4.69) is 15.0 Å². The van der Waals surface area contributed by atoms with Crippen LogP contribution in [0.25, 0.3) is 5.57 Å². The van der Waals surface area contributed by atoms with Crippen molar-refractivity contribution in [1.29, 1.82) is 0 Å². The molecule has 5 aliphatic rings. The first kappa shape index (κ1) is 23.5. The van der Waals surface area contributed by atoms with Crippen LogP contribution < -0.4 is 29.6 Å². The minimum Gasteiger partial charge on any atom is -1.00 e. The summed E-state index contributed by atoms with van der Waals surface area (Å²) in [6.45, 7) is 0. The van der Waals surface area contributed by atoms with E-state index < -0.39 is 10.1 Å². The van der Waals surface area contributed by atoms with E-state index in [9.17, 15) is 13.0 Å². The molecule has 0 saturated heterocycles. The molecule has 5 heterocycles. The third-order valence-electron chi connectivity index (χ3n) is 5.50. The van der Waals surface area contributed by atoms with Crippen molar-refractivity contribution in [1.82, 2.24) is 0 Å². The molecule has 0 aliphatic carbocycles. The predicted octanol–water partition coefficient (Wildman–Crippen LogP) is 1.47. The molecule has 0 radical (unpaired) electrons. The predicted molar refractivity (Wildman–Crippen MR) is 135 cm³/mol. The Labute approximate surface area is 225 Å². The quantitative estimate of drug-likeness (QED) is 0.504. The van der Waals surface area contributed by atoms with Gasteiger partial charge in [-0.25, -0.2) is 20.0 Å². The zero-order chi connectivity index (χ0) is 23.3. The number of benzene rings is 1. The molecule has 0 fully saturated rings. The van der Waals surface area contributed by atoms with Gasteiger partial charge in [-0.2, -0.15) is 8.42 Å². The molecule has 5 aliphatic heterocycles. The van der Waals surface area contributed by atoms with Crippen molar-refractivity contribution >= 4 is 38.5 Å². The zero-order valence-electron chi connectivity index (χ0n) is 19.6. The van der Waals surface area contributed by atoms with E-state index in [1.54, 1.807) is 12.1 Å². The van der Waals surface area contributed by atoms with Crippen LogP contribution in [0.4, 0.5) is 0 Å². The van der Waals surface area contributed by atoms with Crippen LogP contribution in [0.5, 0.6) is 0 Å². The Morgan fingerprint density at radius 1 is 0.600 bits per heavy atom. The summed E-state index contributed by atoms with van der Waals surface area (Å²) >= 11 is 0. The van der Waals surface area contributed by atoms with Crippen LogP contribution in [0, 0.1) is 0 Å². The van der Waals surface area contributed by atoms with E-state index in [0.717, 1.165) is 45.4 Å². The zero-order valence-corrected chi connectivity index (χ0v) is 21.4. The van der Waals surface area contributed by atoms with E-state index in [0.29, 0.717) is 11.4 Å². The van der Waals surface area contributed by atoms with Gasteiger partial charge in [-0.15, -0.1) is 0 Å². The van der Waals surface area contributed by atoms with Crippen LogP contribution in [0.2, 0.25) is 0 Å². The second-order valence-electron chi connectivity index (χ2n) is 7.94. The molecule has 7 nitrogen and oxygen atoms in total. The maximum absolute atomic E-state index is 11.4. The number of hydrogen-bond donors (Lipinski definition) is 1. The normalized spacial score (nSPS) is 19.6. The van der Waals surface area contributed by atoms with Crippen molar-refractivity contribution in [3.05, 3.63) is 119 Å². The average molecular weight is 489 g/mol.